The number of benzene rings is 1. The number of hydrogen-bond acceptors (Lipinski definition) is 3. The van der Waals surface area contributed by atoms with Crippen LogP contribution in [-0.4, -0.2) is 57.6 Å². The Kier molecular flexibility index (Phi) is 7.98. The molecule has 0 aromatic heterocycles. The van der Waals surface area contributed by atoms with E-state index in [0.717, 1.165) is 45.0 Å². The molecule has 0 radical (unpaired) electrons. The van der Waals surface area contributed by atoms with Crippen LogP contribution >= 0.6 is 12.2 Å². The fourth-order valence-corrected chi connectivity index (χ4v) is 3.93. The van der Waals surface area contributed by atoms with Gasteiger partial charge in [-0.3, -0.25) is 0 Å². The highest BCUT2D eigenvalue weighted by Gasteiger charge is 2.13. The molecule has 0 bridgehead atoms. The van der Waals surface area contributed by atoms with Crippen LogP contribution in [0.3, 0.4) is 0 Å². The first kappa shape index (κ1) is 19.4. The van der Waals surface area contributed by atoms with E-state index in [-0.39, 0.29) is 0 Å². The van der Waals surface area contributed by atoms with Gasteiger partial charge in [0.25, 0.3) is 0 Å². The second kappa shape index (κ2) is 10.7. The highest BCUT2D eigenvalue weighted by molar-refractivity contribution is 7.80. The maximum absolute atomic E-state index is 5.42. The normalized spacial score (nSPS) is 19.0. The fraction of sp³-hybridized carbons (Fsp3) is 0.650. The van der Waals surface area contributed by atoms with Crippen molar-refractivity contribution in [1.82, 2.24) is 5.32 Å². The summed E-state index contributed by atoms with van der Waals surface area (Å²) in [6.45, 7) is 8.52. The molecule has 1 aromatic rings. The Morgan fingerprint density at radius 2 is 1.73 bits per heavy atom. The number of anilines is 2. The van der Waals surface area contributed by atoms with Gasteiger partial charge >= 0.3 is 0 Å². The minimum atomic E-state index is 0.713. The summed E-state index contributed by atoms with van der Waals surface area (Å²) in [4.78, 5) is 4.14. The average Bonchev–Trinajstić information content (AvgIpc) is 2.96. The van der Waals surface area contributed by atoms with Gasteiger partial charge in [0.1, 0.15) is 13.1 Å². The van der Waals surface area contributed by atoms with Gasteiger partial charge in [-0.1, -0.05) is 12.8 Å². The van der Waals surface area contributed by atoms with Gasteiger partial charge in [-0.05, 0) is 49.3 Å². The van der Waals surface area contributed by atoms with Crippen molar-refractivity contribution >= 4 is 28.7 Å². The van der Waals surface area contributed by atoms with Crippen LogP contribution in [0.5, 0.6) is 0 Å². The number of morpholine rings is 1. The summed E-state index contributed by atoms with van der Waals surface area (Å²) in [5.41, 5.74) is 2.38. The lowest BCUT2D eigenvalue weighted by Crippen LogP contribution is -3.14. The third-order valence-electron chi connectivity index (χ3n) is 5.29. The molecule has 0 saturated carbocycles. The topological polar surface area (TPSA) is 41.0 Å². The maximum Gasteiger partial charge on any atom is 0.170 e. The van der Waals surface area contributed by atoms with Gasteiger partial charge < -0.3 is 25.2 Å². The average molecular weight is 378 g/mol. The van der Waals surface area contributed by atoms with Crippen LogP contribution in [0.4, 0.5) is 11.4 Å². The monoisotopic (exact) mass is 377 g/mol. The van der Waals surface area contributed by atoms with Gasteiger partial charge in [0, 0.05) is 37.4 Å². The first-order valence-corrected chi connectivity index (χ1v) is 10.5. The lowest BCUT2D eigenvalue weighted by molar-refractivity contribution is -0.908. The molecule has 0 spiro atoms. The zero-order valence-electron chi connectivity index (χ0n) is 15.8. The van der Waals surface area contributed by atoms with Crippen molar-refractivity contribution in [1.29, 1.82) is 0 Å². The van der Waals surface area contributed by atoms with E-state index in [4.69, 9.17) is 17.0 Å². The van der Waals surface area contributed by atoms with E-state index in [1.165, 1.54) is 51.0 Å². The van der Waals surface area contributed by atoms with Crippen molar-refractivity contribution in [2.75, 3.05) is 62.7 Å². The second-order valence-electron chi connectivity index (χ2n) is 7.29. The summed E-state index contributed by atoms with van der Waals surface area (Å²) < 4.78 is 5.39. The van der Waals surface area contributed by atoms with Crippen LogP contribution in [0.2, 0.25) is 0 Å². The van der Waals surface area contributed by atoms with E-state index in [9.17, 15) is 0 Å². The zero-order chi connectivity index (χ0) is 18.0. The molecule has 5 nitrogen and oxygen atoms in total. The van der Waals surface area contributed by atoms with Gasteiger partial charge in [-0.25, -0.2) is 0 Å². The Bertz CT molecular complexity index is 537. The van der Waals surface area contributed by atoms with E-state index < -0.39 is 0 Å². The lowest BCUT2D eigenvalue weighted by Gasteiger charge is -2.24. The molecule has 0 amide bonds. The van der Waals surface area contributed by atoms with Crippen LogP contribution in [0.15, 0.2) is 24.3 Å². The third-order valence-corrected chi connectivity index (χ3v) is 5.54. The Hall–Kier alpha value is -1.37. The molecule has 2 aliphatic rings. The fourth-order valence-electron chi connectivity index (χ4n) is 3.71. The first-order valence-electron chi connectivity index (χ1n) is 10.1. The van der Waals surface area contributed by atoms with Gasteiger partial charge in [0.05, 0.1) is 19.8 Å². The van der Waals surface area contributed by atoms with Crippen LogP contribution in [0.1, 0.15) is 32.1 Å². The second-order valence-corrected chi connectivity index (χ2v) is 7.70. The van der Waals surface area contributed by atoms with Crippen molar-refractivity contribution in [2.24, 2.45) is 0 Å². The summed E-state index contributed by atoms with van der Waals surface area (Å²) >= 11 is 5.42. The number of quaternary nitrogens is 1. The van der Waals surface area contributed by atoms with Crippen LogP contribution in [0, 0.1) is 0 Å². The summed E-state index contributed by atoms with van der Waals surface area (Å²) in [6, 6.07) is 8.67. The Balaban J connectivity index is 1.35. The summed E-state index contributed by atoms with van der Waals surface area (Å²) in [7, 11) is 0. The highest BCUT2D eigenvalue weighted by Crippen LogP contribution is 2.21. The lowest BCUT2D eigenvalue weighted by atomic mass is 10.2. The molecule has 2 heterocycles. The Morgan fingerprint density at radius 3 is 2.42 bits per heavy atom. The molecule has 0 aliphatic carbocycles. The van der Waals surface area contributed by atoms with Crippen molar-refractivity contribution in [2.45, 2.75) is 32.1 Å². The molecule has 6 heteroatoms. The Morgan fingerprint density at radius 1 is 1.04 bits per heavy atom. The number of nitrogens with zero attached hydrogens (tertiary/aromatic N) is 1. The predicted molar refractivity (Wildman–Crippen MR) is 112 cm³/mol. The van der Waals surface area contributed by atoms with Crippen molar-refractivity contribution < 1.29 is 9.64 Å². The Labute approximate surface area is 163 Å². The number of ether oxygens (including phenoxy) is 1. The van der Waals surface area contributed by atoms with E-state index in [1.807, 2.05) is 0 Å². The third kappa shape index (κ3) is 6.41. The molecule has 2 fully saturated rings. The van der Waals surface area contributed by atoms with Gasteiger partial charge in [0.15, 0.2) is 5.11 Å². The molecule has 2 saturated heterocycles. The van der Waals surface area contributed by atoms with E-state index in [1.54, 1.807) is 4.90 Å². The standard InChI is InChI=1S/C20H32N4OS/c26-20(21-10-5-11-23-14-16-25-17-15-23)22-18-6-8-19(9-7-18)24-12-3-1-2-4-13-24/h6-9H,1-5,10-17H2,(H2,21,22,26)/p+1. The molecule has 0 atom stereocenters. The molecular formula is C20H33N4OS+. The van der Waals surface area contributed by atoms with Crippen molar-refractivity contribution in [3.8, 4) is 0 Å². The highest BCUT2D eigenvalue weighted by atomic mass is 32.1. The molecule has 1 aromatic carbocycles. The number of rotatable bonds is 6. The minimum absolute atomic E-state index is 0.713. The molecule has 3 rings (SSSR count). The number of nitrogens with one attached hydrogen (secondary N) is 3. The molecule has 144 valence electrons. The number of hydrogen-bond donors (Lipinski definition) is 3. The maximum atomic E-state index is 5.42. The molecular weight excluding hydrogens is 344 g/mol. The quantitative estimate of drug-likeness (QED) is 0.520. The van der Waals surface area contributed by atoms with Gasteiger partial charge in [0.2, 0.25) is 0 Å². The van der Waals surface area contributed by atoms with E-state index in [2.05, 4.69) is 39.8 Å². The summed E-state index contributed by atoms with van der Waals surface area (Å²) in [5.74, 6) is 0. The first-order chi connectivity index (χ1) is 12.8. The van der Waals surface area contributed by atoms with Crippen molar-refractivity contribution in [3.05, 3.63) is 24.3 Å². The van der Waals surface area contributed by atoms with Crippen LogP contribution in [-0.2, 0) is 4.74 Å². The molecule has 26 heavy (non-hydrogen) atoms. The smallest absolute Gasteiger partial charge is 0.170 e. The summed E-state index contributed by atoms with van der Waals surface area (Å²) in [6.07, 6.45) is 6.47. The SMILES string of the molecule is S=C(NCCC[NH+]1CCOCC1)Nc1ccc(N2CCCCCC2)cc1. The van der Waals surface area contributed by atoms with Gasteiger partial charge in [-0.2, -0.15) is 0 Å². The minimum Gasteiger partial charge on any atom is -0.372 e. The van der Waals surface area contributed by atoms with E-state index in [0.29, 0.717) is 5.11 Å². The number of thiocarbonyl (C=S) groups is 1. The molecule has 0 unspecified atom stereocenters. The van der Waals surface area contributed by atoms with E-state index >= 15 is 0 Å². The largest absolute Gasteiger partial charge is 0.372 e. The molecule has 2 aliphatic heterocycles. The predicted octanol–water partition coefficient (Wildman–Crippen LogP) is 1.66. The van der Waals surface area contributed by atoms with Crippen LogP contribution in [0.25, 0.3) is 0 Å². The van der Waals surface area contributed by atoms with Crippen molar-refractivity contribution in [3.63, 3.8) is 0 Å². The zero-order valence-corrected chi connectivity index (χ0v) is 16.6. The van der Waals surface area contributed by atoms with Crippen LogP contribution < -0.4 is 20.4 Å². The molecule has 3 N–H and O–H groups in total. The summed E-state index contributed by atoms with van der Waals surface area (Å²) in [5, 5.41) is 7.33. The van der Waals surface area contributed by atoms with Gasteiger partial charge in [-0.15, -0.1) is 0 Å².